The summed E-state index contributed by atoms with van der Waals surface area (Å²) < 4.78 is 0. The first kappa shape index (κ1) is 15.3. The van der Waals surface area contributed by atoms with Gasteiger partial charge in [-0.1, -0.05) is 12.1 Å². The molecule has 1 aliphatic rings. The maximum absolute atomic E-state index is 12.3. The van der Waals surface area contributed by atoms with E-state index in [9.17, 15) is 15.0 Å². The summed E-state index contributed by atoms with van der Waals surface area (Å²) in [6, 6.07) is 8.58. The van der Waals surface area contributed by atoms with Crippen LogP contribution in [0.3, 0.4) is 0 Å². The molecule has 120 valence electrons. The van der Waals surface area contributed by atoms with E-state index in [1.54, 1.807) is 12.3 Å². The molecule has 23 heavy (non-hydrogen) atoms. The van der Waals surface area contributed by atoms with Crippen molar-refractivity contribution in [2.24, 2.45) is 5.92 Å². The molecule has 1 heterocycles. The van der Waals surface area contributed by atoms with Crippen LogP contribution in [0, 0.1) is 5.92 Å². The number of hydrogen-bond donors (Lipinski definition) is 3. The fourth-order valence-electron chi connectivity index (χ4n) is 2.90. The summed E-state index contributed by atoms with van der Waals surface area (Å²) in [5, 5.41) is 21.8. The Bertz CT molecular complexity index is 703. The highest BCUT2D eigenvalue weighted by atomic mass is 16.3. The zero-order valence-corrected chi connectivity index (χ0v) is 12.9. The quantitative estimate of drug-likeness (QED) is 0.740. The average Bonchev–Trinajstić information content (AvgIpc) is 3.32. The number of hydrogen-bond acceptors (Lipinski definition) is 4. The summed E-state index contributed by atoms with van der Waals surface area (Å²) in [7, 11) is 0. The van der Waals surface area contributed by atoms with Crippen molar-refractivity contribution >= 4 is 5.91 Å². The fraction of sp³-hybridized carbons (Fsp3) is 0.333. The van der Waals surface area contributed by atoms with Crippen molar-refractivity contribution in [1.29, 1.82) is 0 Å². The molecule has 0 radical (unpaired) electrons. The summed E-state index contributed by atoms with van der Waals surface area (Å²) in [5.41, 5.74) is 1.98. The van der Waals surface area contributed by atoms with Crippen LogP contribution in [0.25, 0.3) is 0 Å². The molecule has 0 saturated heterocycles. The average molecular weight is 312 g/mol. The van der Waals surface area contributed by atoms with Crippen LogP contribution in [0.2, 0.25) is 0 Å². The number of pyridine rings is 1. The second kappa shape index (κ2) is 6.28. The van der Waals surface area contributed by atoms with Gasteiger partial charge in [-0.2, -0.15) is 0 Å². The Morgan fingerprint density at radius 1 is 1.35 bits per heavy atom. The lowest BCUT2D eigenvalue weighted by atomic mass is 10.1. The predicted octanol–water partition coefficient (Wildman–Crippen LogP) is 2.34. The minimum atomic E-state index is -0.139. The van der Waals surface area contributed by atoms with Gasteiger partial charge in [0.25, 0.3) is 0 Å². The Kier molecular flexibility index (Phi) is 4.19. The number of aromatic hydroxyl groups is 2. The zero-order chi connectivity index (χ0) is 16.4. The van der Waals surface area contributed by atoms with E-state index in [1.807, 2.05) is 25.3 Å². The van der Waals surface area contributed by atoms with Crippen LogP contribution in [-0.4, -0.2) is 27.1 Å². The monoisotopic (exact) mass is 312 g/mol. The molecule has 3 rings (SSSR count). The van der Waals surface area contributed by atoms with Crippen molar-refractivity contribution in [1.82, 2.24) is 10.3 Å². The third-order valence-corrected chi connectivity index (χ3v) is 4.21. The molecular formula is C18H20N2O3. The number of carbonyl (C=O) groups excluding carboxylic acids is 1. The molecule has 1 fully saturated rings. The second-order valence-corrected chi connectivity index (χ2v) is 6.17. The zero-order valence-electron chi connectivity index (χ0n) is 12.9. The molecule has 3 N–H and O–H groups in total. The Balaban J connectivity index is 1.53. The molecule has 1 aromatic carbocycles. The lowest BCUT2D eigenvalue weighted by Crippen LogP contribution is -2.35. The first-order chi connectivity index (χ1) is 11.0. The molecule has 1 saturated carbocycles. The van der Waals surface area contributed by atoms with Gasteiger partial charge in [0.1, 0.15) is 0 Å². The first-order valence-electron chi connectivity index (χ1n) is 7.75. The Labute approximate surface area is 135 Å². The normalized spacial score (nSPS) is 20.7. The summed E-state index contributed by atoms with van der Waals surface area (Å²) in [6.07, 6.45) is 5.02. The topological polar surface area (TPSA) is 82.5 Å². The van der Waals surface area contributed by atoms with Gasteiger partial charge in [-0.15, -0.1) is 0 Å². The lowest BCUT2D eigenvalue weighted by Gasteiger charge is -2.14. The molecule has 5 nitrogen and oxygen atoms in total. The number of carbonyl (C=O) groups is 1. The van der Waals surface area contributed by atoms with Gasteiger partial charge in [0.05, 0.1) is 0 Å². The first-order valence-corrected chi connectivity index (χ1v) is 7.75. The van der Waals surface area contributed by atoms with Crippen molar-refractivity contribution in [3.8, 4) is 11.5 Å². The third-order valence-electron chi connectivity index (χ3n) is 4.21. The van der Waals surface area contributed by atoms with Crippen LogP contribution < -0.4 is 5.32 Å². The Morgan fingerprint density at radius 2 is 2.17 bits per heavy atom. The van der Waals surface area contributed by atoms with Gasteiger partial charge in [-0.05, 0) is 55.0 Å². The van der Waals surface area contributed by atoms with Gasteiger partial charge < -0.3 is 15.5 Å². The summed E-state index contributed by atoms with van der Waals surface area (Å²) in [4.78, 5) is 16.4. The molecular weight excluding hydrogens is 292 g/mol. The van der Waals surface area contributed by atoms with Crippen molar-refractivity contribution in [2.75, 3.05) is 0 Å². The number of aromatic nitrogens is 1. The van der Waals surface area contributed by atoms with Crippen LogP contribution in [0.15, 0.2) is 42.7 Å². The molecule has 1 amide bonds. The van der Waals surface area contributed by atoms with E-state index in [0.717, 1.165) is 17.5 Å². The van der Waals surface area contributed by atoms with E-state index in [1.165, 1.54) is 12.1 Å². The van der Waals surface area contributed by atoms with Crippen molar-refractivity contribution < 1.29 is 15.0 Å². The number of phenolic OH excluding ortho intramolecular Hbond substituents is 2. The summed E-state index contributed by atoms with van der Waals surface area (Å²) in [5.74, 6) is 0.0837. The smallest absolute Gasteiger partial charge is 0.223 e. The van der Waals surface area contributed by atoms with E-state index < -0.39 is 0 Å². The van der Waals surface area contributed by atoms with Crippen LogP contribution >= 0.6 is 0 Å². The van der Waals surface area contributed by atoms with Crippen LogP contribution in [0.5, 0.6) is 11.5 Å². The summed E-state index contributed by atoms with van der Waals surface area (Å²) >= 11 is 0. The largest absolute Gasteiger partial charge is 0.504 e. The highest BCUT2D eigenvalue weighted by molar-refractivity contribution is 5.83. The second-order valence-electron chi connectivity index (χ2n) is 6.17. The molecule has 3 atom stereocenters. The number of benzene rings is 1. The van der Waals surface area contributed by atoms with Gasteiger partial charge in [-0.3, -0.25) is 9.78 Å². The van der Waals surface area contributed by atoms with Crippen LogP contribution in [0.4, 0.5) is 0 Å². The maximum Gasteiger partial charge on any atom is 0.223 e. The Hall–Kier alpha value is -2.56. The molecule has 0 spiro atoms. The van der Waals surface area contributed by atoms with E-state index >= 15 is 0 Å². The number of phenols is 2. The Morgan fingerprint density at radius 3 is 2.87 bits per heavy atom. The van der Waals surface area contributed by atoms with Crippen LogP contribution in [-0.2, 0) is 11.2 Å². The van der Waals surface area contributed by atoms with Crippen molar-refractivity contribution in [2.45, 2.75) is 31.7 Å². The van der Waals surface area contributed by atoms with Gasteiger partial charge in [0.15, 0.2) is 11.5 Å². The van der Waals surface area contributed by atoms with Crippen LogP contribution in [0.1, 0.15) is 30.4 Å². The minimum absolute atomic E-state index is 0.0230. The molecule has 1 aromatic heterocycles. The molecule has 0 bridgehead atoms. The van der Waals surface area contributed by atoms with Gasteiger partial charge in [-0.25, -0.2) is 0 Å². The van der Waals surface area contributed by atoms with E-state index in [0.29, 0.717) is 6.42 Å². The van der Waals surface area contributed by atoms with Gasteiger partial charge in [0.2, 0.25) is 5.91 Å². The lowest BCUT2D eigenvalue weighted by molar-refractivity contribution is -0.123. The highest BCUT2D eigenvalue weighted by Crippen LogP contribution is 2.47. The fourth-order valence-corrected chi connectivity index (χ4v) is 2.90. The van der Waals surface area contributed by atoms with Crippen molar-refractivity contribution in [3.05, 3.63) is 53.9 Å². The summed E-state index contributed by atoms with van der Waals surface area (Å²) in [6.45, 7) is 1.93. The van der Waals surface area contributed by atoms with Gasteiger partial charge in [0, 0.05) is 24.4 Å². The predicted molar refractivity (Wildman–Crippen MR) is 86.2 cm³/mol. The third kappa shape index (κ3) is 3.62. The van der Waals surface area contributed by atoms with E-state index in [4.69, 9.17) is 0 Å². The number of nitrogens with zero attached hydrogens (tertiary/aromatic N) is 1. The standard InChI is InChI=1S/C18H20N2O3/c1-11(7-12-4-5-16(21)17(22)8-12)20-18(23)15-9-14(15)13-3-2-6-19-10-13/h2-6,8,10-11,14-15,21-22H,7,9H2,1H3,(H,20,23)/t11-,14-,15+/m1/s1. The number of rotatable bonds is 5. The highest BCUT2D eigenvalue weighted by Gasteiger charge is 2.44. The van der Waals surface area contributed by atoms with Crippen molar-refractivity contribution in [3.63, 3.8) is 0 Å². The number of amides is 1. The molecule has 1 aliphatic carbocycles. The molecule has 0 aliphatic heterocycles. The number of nitrogens with one attached hydrogen (secondary N) is 1. The molecule has 0 unspecified atom stereocenters. The maximum atomic E-state index is 12.3. The minimum Gasteiger partial charge on any atom is -0.504 e. The van der Waals surface area contributed by atoms with E-state index in [2.05, 4.69) is 10.3 Å². The molecule has 2 aromatic rings. The van der Waals surface area contributed by atoms with Gasteiger partial charge >= 0.3 is 0 Å². The van der Waals surface area contributed by atoms with E-state index in [-0.39, 0.29) is 35.3 Å². The SMILES string of the molecule is C[C@H](Cc1ccc(O)c(O)c1)NC(=O)[C@H]1C[C@@H]1c1cccnc1. The molecule has 5 heteroatoms.